The van der Waals surface area contributed by atoms with E-state index in [4.69, 9.17) is 5.73 Å². The molecule has 0 radical (unpaired) electrons. The number of nitriles is 1. The van der Waals surface area contributed by atoms with Crippen LogP contribution < -0.4 is 5.73 Å². The molecule has 0 aliphatic heterocycles. The molecule has 2 heteroatoms. The van der Waals surface area contributed by atoms with Gasteiger partial charge in [0.2, 0.25) is 0 Å². The first-order valence-electron chi connectivity index (χ1n) is 6.15. The van der Waals surface area contributed by atoms with Crippen LogP contribution in [0.15, 0.2) is 24.3 Å². The second-order valence-electron chi connectivity index (χ2n) is 6.29. The molecule has 90 valence electrons. The molecule has 0 saturated heterocycles. The predicted octanol–water partition coefficient (Wildman–Crippen LogP) is 3.49. The molecule has 0 amide bonds. The van der Waals surface area contributed by atoms with Gasteiger partial charge in [-0.2, -0.15) is 5.26 Å². The van der Waals surface area contributed by atoms with Crippen LogP contribution >= 0.6 is 0 Å². The molecule has 1 aliphatic carbocycles. The summed E-state index contributed by atoms with van der Waals surface area (Å²) in [6.45, 7) is 6.76. The van der Waals surface area contributed by atoms with Crippen LogP contribution in [0.3, 0.4) is 0 Å². The topological polar surface area (TPSA) is 49.8 Å². The van der Waals surface area contributed by atoms with Crippen molar-refractivity contribution in [3.63, 3.8) is 0 Å². The van der Waals surface area contributed by atoms with Crippen molar-refractivity contribution in [1.82, 2.24) is 0 Å². The highest BCUT2D eigenvalue weighted by atomic mass is 14.6. The minimum Gasteiger partial charge on any atom is -0.399 e. The fraction of sp³-hybridized carbons (Fsp3) is 0.533. The van der Waals surface area contributed by atoms with Crippen molar-refractivity contribution < 1.29 is 0 Å². The average molecular weight is 228 g/mol. The van der Waals surface area contributed by atoms with Gasteiger partial charge in [-0.1, -0.05) is 32.9 Å². The maximum Gasteiger partial charge on any atom is 0.0828 e. The Morgan fingerprint density at radius 1 is 1.24 bits per heavy atom. The minimum atomic E-state index is -0.272. The summed E-state index contributed by atoms with van der Waals surface area (Å²) in [6.07, 6.45) is 1.94. The third-order valence-corrected chi connectivity index (χ3v) is 4.09. The SMILES string of the molecule is CC(C)(C)C1CC(C#N)(c2ccc(N)cc2)C1. The molecule has 1 fully saturated rings. The van der Waals surface area contributed by atoms with Crippen molar-refractivity contribution in [3.8, 4) is 6.07 Å². The first-order valence-corrected chi connectivity index (χ1v) is 6.15. The highest BCUT2D eigenvalue weighted by Crippen LogP contribution is 2.53. The van der Waals surface area contributed by atoms with E-state index < -0.39 is 0 Å². The molecule has 0 atom stereocenters. The van der Waals surface area contributed by atoms with Gasteiger partial charge in [0.15, 0.2) is 0 Å². The number of benzene rings is 1. The van der Waals surface area contributed by atoms with E-state index >= 15 is 0 Å². The zero-order chi connectivity index (χ0) is 12.7. The summed E-state index contributed by atoms with van der Waals surface area (Å²) in [5, 5.41) is 9.46. The molecule has 2 nitrogen and oxygen atoms in total. The van der Waals surface area contributed by atoms with Crippen LogP contribution in [0.2, 0.25) is 0 Å². The zero-order valence-corrected chi connectivity index (χ0v) is 10.8. The Bertz CT molecular complexity index is 439. The molecule has 2 rings (SSSR count). The van der Waals surface area contributed by atoms with E-state index in [1.54, 1.807) is 0 Å². The number of anilines is 1. The van der Waals surface area contributed by atoms with Crippen molar-refractivity contribution in [3.05, 3.63) is 29.8 Å². The largest absolute Gasteiger partial charge is 0.399 e. The van der Waals surface area contributed by atoms with Crippen LogP contribution in [-0.4, -0.2) is 0 Å². The van der Waals surface area contributed by atoms with E-state index in [1.807, 2.05) is 24.3 Å². The summed E-state index contributed by atoms with van der Waals surface area (Å²) < 4.78 is 0. The highest BCUT2D eigenvalue weighted by Gasteiger charge is 2.49. The number of nitrogen functional groups attached to an aromatic ring is 1. The molecule has 2 N–H and O–H groups in total. The molecular formula is C15H20N2. The Morgan fingerprint density at radius 3 is 2.18 bits per heavy atom. The normalized spacial score (nSPS) is 28.2. The monoisotopic (exact) mass is 228 g/mol. The van der Waals surface area contributed by atoms with Gasteiger partial charge in [0, 0.05) is 5.69 Å². The number of hydrogen-bond acceptors (Lipinski definition) is 2. The summed E-state index contributed by atoms with van der Waals surface area (Å²) in [7, 11) is 0. The van der Waals surface area contributed by atoms with Crippen molar-refractivity contribution >= 4 is 5.69 Å². The molecule has 1 aliphatic rings. The van der Waals surface area contributed by atoms with Gasteiger partial charge in [-0.05, 0) is 41.9 Å². The fourth-order valence-electron chi connectivity index (χ4n) is 2.59. The van der Waals surface area contributed by atoms with Crippen molar-refractivity contribution in [1.29, 1.82) is 5.26 Å². The van der Waals surface area contributed by atoms with E-state index in [9.17, 15) is 5.26 Å². The Labute approximate surface area is 103 Å². The Morgan fingerprint density at radius 2 is 1.76 bits per heavy atom. The van der Waals surface area contributed by atoms with Gasteiger partial charge in [0.25, 0.3) is 0 Å². The van der Waals surface area contributed by atoms with Crippen LogP contribution in [0.1, 0.15) is 39.2 Å². The molecular weight excluding hydrogens is 208 g/mol. The maximum atomic E-state index is 9.46. The Balaban J connectivity index is 2.21. The van der Waals surface area contributed by atoms with Crippen LogP contribution in [0.25, 0.3) is 0 Å². The standard InChI is InChI=1S/C15H20N2/c1-14(2,3)12-8-15(9-12,10-16)11-4-6-13(17)7-5-11/h4-7,12H,8-9,17H2,1-3H3. The van der Waals surface area contributed by atoms with Gasteiger partial charge in [0.1, 0.15) is 0 Å². The summed E-state index contributed by atoms with van der Waals surface area (Å²) in [4.78, 5) is 0. The van der Waals surface area contributed by atoms with Gasteiger partial charge in [-0.25, -0.2) is 0 Å². The lowest BCUT2D eigenvalue weighted by Crippen LogP contribution is -2.45. The summed E-state index contributed by atoms with van der Waals surface area (Å²) >= 11 is 0. The minimum absolute atomic E-state index is 0.272. The second kappa shape index (κ2) is 3.77. The lowest BCUT2D eigenvalue weighted by molar-refractivity contribution is 0.0783. The van der Waals surface area contributed by atoms with Crippen LogP contribution in [-0.2, 0) is 5.41 Å². The molecule has 17 heavy (non-hydrogen) atoms. The van der Waals surface area contributed by atoms with E-state index in [2.05, 4.69) is 26.8 Å². The molecule has 1 aromatic carbocycles. The third kappa shape index (κ3) is 2.02. The zero-order valence-electron chi connectivity index (χ0n) is 10.8. The Hall–Kier alpha value is -1.49. The van der Waals surface area contributed by atoms with Gasteiger partial charge in [-0.3, -0.25) is 0 Å². The van der Waals surface area contributed by atoms with E-state index in [1.165, 1.54) is 0 Å². The van der Waals surface area contributed by atoms with Gasteiger partial charge < -0.3 is 5.73 Å². The maximum absolute atomic E-state index is 9.46. The molecule has 0 heterocycles. The molecule has 0 unspecified atom stereocenters. The van der Waals surface area contributed by atoms with Crippen molar-refractivity contribution in [2.75, 3.05) is 5.73 Å². The molecule has 0 bridgehead atoms. The van der Waals surface area contributed by atoms with Crippen LogP contribution in [0, 0.1) is 22.7 Å². The van der Waals surface area contributed by atoms with Crippen molar-refractivity contribution in [2.45, 2.75) is 39.0 Å². The molecule has 0 spiro atoms. The fourth-order valence-corrected chi connectivity index (χ4v) is 2.59. The van der Waals surface area contributed by atoms with Gasteiger partial charge in [0.05, 0.1) is 11.5 Å². The number of nitrogens with zero attached hydrogens (tertiary/aromatic N) is 1. The molecule has 0 aromatic heterocycles. The quantitative estimate of drug-likeness (QED) is 0.748. The van der Waals surface area contributed by atoms with Crippen LogP contribution in [0.5, 0.6) is 0 Å². The summed E-state index contributed by atoms with van der Waals surface area (Å²) in [5.41, 5.74) is 7.59. The van der Waals surface area contributed by atoms with Gasteiger partial charge >= 0.3 is 0 Å². The number of nitrogens with two attached hydrogens (primary N) is 1. The number of rotatable bonds is 1. The summed E-state index contributed by atoms with van der Waals surface area (Å²) in [5.74, 6) is 0.639. The molecule has 1 aromatic rings. The Kier molecular flexibility index (Phi) is 2.66. The van der Waals surface area contributed by atoms with E-state index in [0.717, 1.165) is 24.1 Å². The lowest BCUT2D eigenvalue weighted by Gasteiger charge is -2.49. The van der Waals surface area contributed by atoms with E-state index in [-0.39, 0.29) is 5.41 Å². The van der Waals surface area contributed by atoms with Crippen LogP contribution in [0.4, 0.5) is 5.69 Å². The smallest absolute Gasteiger partial charge is 0.0828 e. The van der Waals surface area contributed by atoms with Gasteiger partial charge in [-0.15, -0.1) is 0 Å². The average Bonchev–Trinajstić information content (AvgIpc) is 2.18. The third-order valence-electron chi connectivity index (χ3n) is 4.09. The lowest BCUT2D eigenvalue weighted by atomic mass is 9.53. The highest BCUT2D eigenvalue weighted by molar-refractivity contribution is 5.45. The second-order valence-corrected chi connectivity index (χ2v) is 6.29. The summed E-state index contributed by atoms with van der Waals surface area (Å²) in [6, 6.07) is 10.3. The first kappa shape index (κ1) is 12.0. The van der Waals surface area contributed by atoms with Crippen molar-refractivity contribution in [2.24, 2.45) is 11.3 Å². The van der Waals surface area contributed by atoms with E-state index in [0.29, 0.717) is 11.3 Å². The molecule has 1 saturated carbocycles. The first-order chi connectivity index (χ1) is 7.87. The number of hydrogen-bond donors (Lipinski definition) is 1. The predicted molar refractivity (Wildman–Crippen MR) is 70.3 cm³/mol.